The van der Waals surface area contributed by atoms with E-state index >= 15 is 0 Å². The van der Waals surface area contributed by atoms with Crippen LogP contribution in [0.5, 0.6) is 5.75 Å². The van der Waals surface area contributed by atoms with Gasteiger partial charge >= 0.3 is 5.97 Å². The number of fused-ring (bicyclic) bond motifs is 1. The molecule has 2 heterocycles. The van der Waals surface area contributed by atoms with Gasteiger partial charge in [-0.05, 0) is 99.1 Å². The van der Waals surface area contributed by atoms with Crippen molar-refractivity contribution in [2.45, 2.75) is 19.6 Å². The first kappa shape index (κ1) is 31.4. The second-order valence-corrected chi connectivity index (χ2v) is 13.4. The van der Waals surface area contributed by atoms with E-state index in [1.165, 1.54) is 28.0 Å². The Kier molecular flexibility index (Phi) is 9.61. The maximum Gasteiger partial charge on any atom is 0.338 e. The van der Waals surface area contributed by atoms with Crippen molar-refractivity contribution in [2.24, 2.45) is 4.99 Å². The Morgan fingerprint density at radius 3 is 2.27 bits per heavy atom. The topological polar surface area (TPSA) is 69.9 Å². The Hall–Kier alpha value is -3.62. The Morgan fingerprint density at radius 1 is 0.978 bits per heavy atom. The zero-order valence-electron chi connectivity index (χ0n) is 23.9. The fourth-order valence-electron chi connectivity index (χ4n) is 5.08. The SMILES string of the molecule is CCOC(=O)C1=C(c2ccccc2)N=c2s/c(=C\c3cc(I)c(OCc4ccccc4)c(I)c3)c(=O)n2C1c1ccc(F)cc1. The average molecular weight is 842 g/mol. The largest absolute Gasteiger partial charge is 0.487 e. The highest BCUT2D eigenvalue weighted by Crippen LogP contribution is 2.35. The van der Waals surface area contributed by atoms with Gasteiger partial charge in [0.05, 0.1) is 35.6 Å². The molecule has 0 N–H and O–H groups in total. The molecule has 226 valence electrons. The minimum absolute atomic E-state index is 0.146. The second-order valence-electron chi connectivity index (χ2n) is 10.1. The number of halogens is 3. The summed E-state index contributed by atoms with van der Waals surface area (Å²) >= 11 is 5.73. The smallest absolute Gasteiger partial charge is 0.338 e. The first-order valence-corrected chi connectivity index (χ1v) is 17.0. The van der Waals surface area contributed by atoms with E-state index < -0.39 is 17.8 Å². The normalized spacial score (nSPS) is 14.6. The number of carbonyl (C=O) groups excluding carboxylic acids is 1. The average Bonchev–Trinajstić information content (AvgIpc) is 3.35. The molecule has 1 aromatic heterocycles. The van der Waals surface area contributed by atoms with E-state index in [1.807, 2.05) is 78.9 Å². The molecule has 6 nitrogen and oxygen atoms in total. The molecular formula is C35H25FI2N2O4S. The highest BCUT2D eigenvalue weighted by molar-refractivity contribution is 14.1. The van der Waals surface area contributed by atoms with Crippen molar-refractivity contribution in [3.8, 4) is 5.75 Å². The van der Waals surface area contributed by atoms with Gasteiger partial charge in [-0.3, -0.25) is 9.36 Å². The highest BCUT2D eigenvalue weighted by Gasteiger charge is 2.35. The van der Waals surface area contributed by atoms with Gasteiger partial charge < -0.3 is 9.47 Å². The van der Waals surface area contributed by atoms with Gasteiger partial charge in [-0.25, -0.2) is 14.2 Å². The molecule has 1 unspecified atom stereocenters. The van der Waals surface area contributed by atoms with E-state index in [-0.39, 0.29) is 17.7 Å². The zero-order chi connectivity index (χ0) is 31.5. The third kappa shape index (κ3) is 6.68. The summed E-state index contributed by atoms with van der Waals surface area (Å²) in [6.45, 7) is 2.32. The number of esters is 1. The summed E-state index contributed by atoms with van der Waals surface area (Å²) < 4.78 is 29.4. The monoisotopic (exact) mass is 842 g/mol. The predicted octanol–water partition coefficient (Wildman–Crippen LogP) is 6.86. The number of carbonyl (C=O) groups is 1. The lowest BCUT2D eigenvalue weighted by molar-refractivity contribution is -0.138. The third-order valence-electron chi connectivity index (χ3n) is 7.10. The van der Waals surface area contributed by atoms with Crippen LogP contribution in [0.3, 0.4) is 0 Å². The molecule has 10 heteroatoms. The van der Waals surface area contributed by atoms with Crippen LogP contribution in [-0.4, -0.2) is 17.1 Å². The van der Waals surface area contributed by atoms with Crippen LogP contribution in [0.4, 0.5) is 4.39 Å². The molecule has 4 aromatic carbocycles. The van der Waals surface area contributed by atoms with E-state index in [9.17, 15) is 14.0 Å². The zero-order valence-corrected chi connectivity index (χ0v) is 29.0. The predicted molar refractivity (Wildman–Crippen MR) is 190 cm³/mol. The molecule has 0 amide bonds. The maximum absolute atomic E-state index is 14.1. The summed E-state index contributed by atoms with van der Waals surface area (Å²) in [5, 5.41) is 0. The number of rotatable bonds is 8. The lowest BCUT2D eigenvalue weighted by atomic mass is 9.93. The van der Waals surface area contributed by atoms with Crippen LogP contribution in [-0.2, 0) is 16.1 Å². The van der Waals surface area contributed by atoms with Gasteiger partial charge in [-0.2, -0.15) is 0 Å². The van der Waals surface area contributed by atoms with Gasteiger partial charge in [0.2, 0.25) is 0 Å². The molecule has 0 radical (unpaired) electrons. The Morgan fingerprint density at radius 2 is 1.62 bits per heavy atom. The maximum atomic E-state index is 14.1. The van der Waals surface area contributed by atoms with E-state index in [0.29, 0.717) is 32.8 Å². The van der Waals surface area contributed by atoms with E-state index in [1.54, 1.807) is 19.1 Å². The Bertz CT molecular complexity index is 2070. The summed E-state index contributed by atoms with van der Waals surface area (Å²) in [6.07, 6.45) is 1.83. The Balaban J connectivity index is 1.49. The van der Waals surface area contributed by atoms with Crippen LogP contribution in [0.1, 0.15) is 35.2 Å². The van der Waals surface area contributed by atoms with Crippen molar-refractivity contribution in [2.75, 3.05) is 6.61 Å². The minimum atomic E-state index is -0.868. The first-order chi connectivity index (χ1) is 21.8. The molecule has 0 saturated heterocycles. The molecule has 0 spiro atoms. The number of aromatic nitrogens is 1. The van der Waals surface area contributed by atoms with Crippen LogP contribution >= 0.6 is 56.5 Å². The highest BCUT2D eigenvalue weighted by atomic mass is 127. The summed E-state index contributed by atoms with van der Waals surface area (Å²) in [4.78, 5) is 33.0. The van der Waals surface area contributed by atoms with Crippen LogP contribution in [0.15, 0.2) is 112 Å². The standard InChI is InChI=1S/C35H25FI2N2O4S/c1-2-43-34(42)29-30(23-11-7-4-8-12-23)39-35-40(31(29)24-13-15-25(36)16-14-24)33(41)28(45-35)19-22-17-26(37)32(27(38)18-22)44-20-21-9-5-3-6-10-21/h3-19,31H,2,20H2,1H3/b28-19-. The van der Waals surface area contributed by atoms with Crippen molar-refractivity contribution in [3.63, 3.8) is 0 Å². The quantitative estimate of drug-likeness (QED) is 0.127. The number of thiazole rings is 1. The second kappa shape index (κ2) is 13.8. The lowest BCUT2D eigenvalue weighted by Crippen LogP contribution is -2.40. The molecule has 1 aliphatic heterocycles. The molecule has 1 atom stereocenters. The van der Waals surface area contributed by atoms with Gasteiger partial charge in [-0.15, -0.1) is 0 Å². The number of hydrogen-bond acceptors (Lipinski definition) is 6. The summed E-state index contributed by atoms with van der Waals surface area (Å²) in [5.74, 6) is -0.225. The fourth-order valence-corrected chi connectivity index (χ4v) is 8.21. The summed E-state index contributed by atoms with van der Waals surface area (Å²) in [5.41, 5.74) is 3.50. The third-order valence-corrected chi connectivity index (χ3v) is 9.69. The number of hydrogen-bond donors (Lipinski definition) is 0. The van der Waals surface area contributed by atoms with Gasteiger partial charge in [-0.1, -0.05) is 84.1 Å². The van der Waals surface area contributed by atoms with Gasteiger partial charge in [0, 0.05) is 5.56 Å². The summed E-state index contributed by atoms with van der Waals surface area (Å²) in [6, 6.07) is 28.2. The molecule has 0 bridgehead atoms. The first-order valence-electron chi connectivity index (χ1n) is 14.0. The van der Waals surface area contributed by atoms with Gasteiger partial charge in [0.25, 0.3) is 5.56 Å². The van der Waals surface area contributed by atoms with Gasteiger partial charge in [0.15, 0.2) is 4.80 Å². The van der Waals surface area contributed by atoms with Crippen LogP contribution in [0.25, 0.3) is 11.8 Å². The molecule has 0 aliphatic carbocycles. The lowest BCUT2D eigenvalue weighted by Gasteiger charge is -2.25. The summed E-state index contributed by atoms with van der Waals surface area (Å²) in [7, 11) is 0. The molecule has 45 heavy (non-hydrogen) atoms. The number of benzene rings is 4. The van der Waals surface area contributed by atoms with Crippen molar-refractivity contribution >= 4 is 74.3 Å². The number of nitrogens with zero attached hydrogens (tertiary/aromatic N) is 2. The van der Waals surface area contributed by atoms with E-state index in [4.69, 9.17) is 14.5 Å². The molecule has 5 aromatic rings. The Labute approximate surface area is 289 Å². The molecule has 6 rings (SSSR count). The molecule has 0 saturated carbocycles. The van der Waals surface area contributed by atoms with E-state index in [0.717, 1.165) is 24.0 Å². The molecule has 0 fully saturated rings. The van der Waals surface area contributed by atoms with Crippen LogP contribution in [0.2, 0.25) is 0 Å². The van der Waals surface area contributed by atoms with Crippen molar-refractivity contribution < 1.29 is 18.7 Å². The van der Waals surface area contributed by atoms with E-state index in [2.05, 4.69) is 45.2 Å². The van der Waals surface area contributed by atoms with Crippen molar-refractivity contribution in [1.82, 2.24) is 4.57 Å². The molecular weight excluding hydrogens is 817 g/mol. The molecule has 1 aliphatic rings. The minimum Gasteiger partial charge on any atom is -0.487 e. The van der Waals surface area contributed by atoms with Gasteiger partial charge in [0.1, 0.15) is 18.2 Å². The van der Waals surface area contributed by atoms with Crippen molar-refractivity contribution in [1.29, 1.82) is 0 Å². The fraction of sp³-hybridized carbons (Fsp3) is 0.114. The van der Waals surface area contributed by atoms with Crippen LogP contribution < -0.4 is 19.6 Å². The van der Waals surface area contributed by atoms with Crippen LogP contribution in [0, 0.1) is 13.0 Å². The van der Waals surface area contributed by atoms with Crippen molar-refractivity contribution in [3.05, 3.63) is 158 Å². The number of ether oxygens (including phenoxy) is 2.